The molecule has 0 saturated carbocycles. The lowest BCUT2D eigenvalue weighted by Gasteiger charge is -2.24. The van der Waals surface area contributed by atoms with Gasteiger partial charge in [0.25, 0.3) is 5.69 Å². The molecule has 0 bridgehead atoms. The maximum Gasteiger partial charge on any atom is 0.295 e. The van der Waals surface area contributed by atoms with E-state index in [4.69, 9.17) is 16.3 Å². The molecule has 0 aliphatic carbocycles. The fraction of sp³-hybridized carbons (Fsp3) is 0.500. The van der Waals surface area contributed by atoms with E-state index in [1.165, 1.54) is 6.92 Å². The van der Waals surface area contributed by atoms with E-state index < -0.39 is 43.1 Å². The third kappa shape index (κ3) is 2.99. The number of hydrogen-bond acceptors (Lipinski definition) is 6. The number of benzene rings is 1. The van der Waals surface area contributed by atoms with Crippen LogP contribution in [-0.2, 0) is 19.6 Å². The number of halogens is 1. The van der Waals surface area contributed by atoms with E-state index in [9.17, 15) is 23.3 Å². The van der Waals surface area contributed by atoms with E-state index in [1.807, 2.05) is 13.8 Å². The van der Waals surface area contributed by atoms with Crippen molar-refractivity contribution in [3.8, 4) is 0 Å². The van der Waals surface area contributed by atoms with Gasteiger partial charge in [0.05, 0.1) is 10.5 Å². The number of carbonyl (C=O) groups is 1. The van der Waals surface area contributed by atoms with Crippen LogP contribution in [0.5, 0.6) is 0 Å². The van der Waals surface area contributed by atoms with E-state index in [0.717, 1.165) is 16.4 Å². The van der Waals surface area contributed by atoms with Crippen molar-refractivity contribution in [2.45, 2.75) is 43.4 Å². The Morgan fingerprint density at radius 2 is 2.04 bits per heavy atom. The van der Waals surface area contributed by atoms with Gasteiger partial charge in [0.2, 0.25) is 15.9 Å². The van der Waals surface area contributed by atoms with Gasteiger partial charge < -0.3 is 10.1 Å². The van der Waals surface area contributed by atoms with Crippen LogP contribution < -0.4 is 5.32 Å². The Bertz CT molecular complexity index is 885. The molecule has 2 heterocycles. The number of nitrogens with zero attached hydrogens (tertiary/aromatic N) is 2. The summed E-state index contributed by atoms with van der Waals surface area (Å²) in [7, 11) is -4.20. The monoisotopic (exact) mass is 389 g/mol. The predicted octanol–water partition coefficient (Wildman–Crippen LogP) is 1.76. The lowest BCUT2D eigenvalue weighted by atomic mass is 10.1. The first-order valence-electron chi connectivity index (χ1n) is 7.43. The van der Waals surface area contributed by atoms with Crippen LogP contribution in [-0.4, -0.2) is 47.8 Å². The van der Waals surface area contributed by atoms with Gasteiger partial charge in [0.1, 0.15) is 22.7 Å². The number of nitro benzene ring substituents is 1. The molecule has 0 spiro atoms. The maximum atomic E-state index is 13.1. The minimum Gasteiger partial charge on any atom is -0.365 e. The van der Waals surface area contributed by atoms with Crippen LogP contribution >= 0.6 is 11.6 Å². The highest BCUT2D eigenvalue weighted by atomic mass is 35.5. The highest BCUT2D eigenvalue weighted by Gasteiger charge is 2.52. The Hall–Kier alpha value is -1.75. The average Bonchev–Trinajstić information content (AvgIpc) is 3.11. The molecule has 3 rings (SSSR count). The van der Waals surface area contributed by atoms with Crippen molar-refractivity contribution in [1.82, 2.24) is 4.31 Å². The fourth-order valence-corrected chi connectivity index (χ4v) is 4.81. The molecule has 11 heteroatoms. The van der Waals surface area contributed by atoms with E-state index in [2.05, 4.69) is 5.32 Å². The molecule has 2 aliphatic rings. The molecule has 2 aliphatic heterocycles. The number of anilines is 1. The van der Waals surface area contributed by atoms with Crippen molar-refractivity contribution >= 4 is 38.9 Å². The number of nitrogens with one attached hydrogen (secondary N) is 1. The molecule has 1 saturated heterocycles. The molecule has 1 amide bonds. The first-order valence-corrected chi connectivity index (χ1v) is 9.25. The molecule has 1 fully saturated rings. The number of rotatable bonds is 3. The zero-order valence-electron chi connectivity index (χ0n) is 13.6. The van der Waals surface area contributed by atoms with Gasteiger partial charge in [0.15, 0.2) is 0 Å². The average molecular weight is 390 g/mol. The van der Waals surface area contributed by atoms with Gasteiger partial charge in [-0.15, -0.1) is 0 Å². The van der Waals surface area contributed by atoms with Gasteiger partial charge >= 0.3 is 0 Å². The third-order valence-corrected chi connectivity index (χ3v) is 6.58. The number of ether oxygens (including phenoxy) is 1. The molecular formula is C14H16ClN3O6S. The molecule has 2 unspecified atom stereocenters. The summed E-state index contributed by atoms with van der Waals surface area (Å²) in [5.74, 6) is -0.661. The van der Waals surface area contributed by atoms with Crippen molar-refractivity contribution in [1.29, 1.82) is 0 Å². The Kier molecular flexibility index (Phi) is 4.06. The number of epoxide rings is 1. The number of nitro groups is 1. The number of sulfonamides is 1. The Labute approximate surface area is 149 Å². The zero-order chi connectivity index (χ0) is 18.7. The number of hydrogen-bond donors (Lipinski definition) is 1. The fourth-order valence-electron chi connectivity index (χ4n) is 2.74. The van der Waals surface area contributed by atoms with E-state index >= 15 is 0 Å². The molecule has 136 valence electrons. The summed E-state index contributed by atoms with van der Waals surface area (Å²) in [6, 6.07) is 1.04. The second-order valence-electron chi connectivity index (χ2n) is 6.51. The van der Waals surface area contributed by atoms with Crippen molar-refractivity contribution < 1.29 is 22.9 Å². The first kappa shape index (κ1) is 18.1. The summed E-state index contributed by atoms with van der Waals surface area (Å²) in [5, 5.41) is 13.5. The summed E-state index contributed by atoms with van der Waals surface area (Å²) < 4.78 is 32.6. The summed E-state index contributed by atoms with van der Waals surface area (Å²) >= 11 is 5.87. The number of fused-ring (bicyclic) bond motifs is 1. The summed E-state index contributed by atoms with van der Waals surface area (Å²) in [4.78, 5) is 22.5. The minimum atomic E-state index is -4.20. The lowest BCUT2D eigenvalue weighted by molar-refractivity contribution is -0.384. The second kappa shape index (κ2) is 5.63. The first-order chi connectivity index (χ1) is 11.4. The Morgan fingerprint density at radius 3 is 2.56 bits per heavy atom. The van der Waals surface area contributed by atoms with Crippen LogP contribution in [0, 0.1) is 10.1 Å². The van der Waals surface area contributed by atoms with Crippen LogP contribution in [0.2, 0.25) is 5.02 Å². The van der Waals surface area contributed by atoms with Gasteiger partial charge in [-0.25, -0.2) is 8.42 Å². The number of carbonyl (C=O) groups excluding carboxylic acids is 1. The molecule has 2 atom stereocenters. The largest absolute Gasteiger partial charge is 0.365 e. The molecule has 25 heavy (non-hydrogen) atoms. The quantitative estimate of drug-likeness (QED) is 0.477. The van der Waals surface area contributed by atoms with Crippen molar-refractivity contribution in [3.05, 3.63) is 27.3 Å². The highest BCUT2D eigenvalue weighted by molar-refractivity contribution is 7.89. The predicted molar refractivity (Wildman–Crippen MR) is 89.0 cm³/mol. The van der Waals surface area contributed by atoms with Gasteiger partial charge in [-0.05, 0) is 26.8 Å². The van der Waals surface area contributed by atoms with Crippen LogP contribution in [0.1, 0.15) is 20.8 Å². The maximum absolute atomic E-state index is 13.1. The molecule has 0 radical (unpaired) electrons. The lowest BCUT2D eigenvalue weighted by Crippen LogP contribution is -2.45. The van der Waals surface area contributed by atoms with Crippen molar-refractivity contribution in [2.75, 3.05) is 11.9 Å². The van der Waals surface area contributed by atoms with Crippen LogP contribution in [0.15, 0.2) is 17.0 Å². The van der Waals surface area contributed by atoms with Gasteiger partial charge in [-0.1, -0.05) is 11.6 Å². The van der Waals surface area contributed by atoms with Crippen LogP contribution in [0.4, 0.5) is 11.4 Å². The third-order valence-electron chi connectivity index (χ3n) is 4.40. The van der Waals surface area contributed by atoms with E-state index in [1.54, 1.807) is 0 Å². The molecular weight excluding hydrogens is 374 g/mol. The highest BCUT2D eigenvalue weighted by Crippen LogP contribution is 2.41. The second-order valence-corrected chi connectivity index (χ2v) is 8.80. The standard InChI is InChI=1S/C14H16ClN3O6S/c1-7-13(19)16-12-9(18(20)21)4-8(15)5-10(12)25(22,23)17(7)6-11-14(2,3)24-11/h4-5,7,11H,6H2,1-3H3,(H,16,19). The number of amides is 1. The van der Waals surface area contributed by atoms with Crippen molar-refractivity contribution in [2.24, 2.45) is 0 Å². The van der Waals surface area contributed by atoms with Gasteiger partial charge in [0, 0.05) is 17.6 Å². The molecule has 0 aromatic heterocycles. The molecule has 1 aromatic carbocycles. The molecule has 1 aromatic rings. The molecule has 1 N–H and O–H groups in total. The SMILES string of the molecule is CC1C(=O)Nc2c([N+](=O)[O-])cc(Cl)cc2S(=O)(=O)N1CC1OC1(C)C. The molecule has 9 nitrogen and oxygen atoms in total. The van der Waals surface area contributed by atoms with E-state index in [-0.39, 0.29) is 23.4 Å². The van der Waals surface area contributed by atoms with Gasteiger partial charge in [-0.3, -0.25) is 14.9 Å². The van der Waals surface area contributed by atoms with Crippen LogP contribution in [0.25, 0.3) is 0 Å². The summed E-state index contributed by atoms with van der Waals surface area (Å²) in [6.07, 6.45) is -0.367. The zero-order valence-corrected chi connectivity index (χ0v) is 15.2. The Balaban J connectivity index is 2.16. The van der Waals surface area contributed by atoms with E-state index in [0.29, 0.717) is 0 Å². The smallest absolute Gasteiger partial charge is 0.295 e. The normalized spacial score (nSPS) is 27.1. The van der Waals surface area contributed by atoms with Crippen LogP contribution in [0.3, 0.4) is 0 Å². The summed E-state index contributed by atoms with van der Waals surface area (Å²) in [6.45, 7) is 5.00. The topological polar surface area (TPSA) is 122 Å². The summed E-state index contributed by atoms with van der Waals surface area (Å²) in [5.41, 5.74) is -1.43. The minimum absolute atomic E-state index is 0.0380. The van der Waals surface area contributed by atoms with Crippen molar-refractivity contribution in [3.63, 3.8) is 0 Å². The van der Waals surface area contributed by atoms with Gasteiger partial charge in [-0.2, -0.15) is 4.31 Å². The Morgan fingerprint density at radius 1 is 1.44 bits per heavy atom.